The van der Waals surface area contributed by atoms with Gasteiger partial charge in [0.15, 0.2) is 0 Å². The molecule has 0 aliphatic carbocycles. The number of rotatable bonds is 3. The van der Waals surface area contributed by atoms with Gasteiger partial charge in [-0.3, -0.25) is 9.69 Å². The Morgan fingerprint density at radius 2 is 1.86 bits per heavy atom. The first-order chi connectivity index (χ1) is 10.6. The van der Waals surface area contributed by atoms with Gasteiger partial charge in [0, 0.05) is 38.7 Å². The van der Waals surface area contributed by atoms with Crippen LogP contribution in [0.5, 0.6) is 0 Å². The van der Waals surface area contributed by atoms with Gasteiger partial charge in [-0.1, -0.05) is 35.5 Å². The van der Waals surface area contributed by atoms with Gasteiger partial charge >= 0.3 is 0 Å². The molecule has 116 valence electrons. The monoisotopic (exact) mass is 300 g/mol. The molecule has 6 nitrogen and oxygen atoms in total. The van der Waals surface area contributed by atoms with E-state index in [0.717, 1.165) is 31.7 Å². The van der Waals surface area contributed by atoms with E-state index in [9.17, 15) is 4.79 Å². The summed E-state index contributed by atoms with van der Waals surface area (Å²) in [5.74, 6) is 1.37. The number of carbonyl (C=O) groups is 1. The fraction of sp³-hybridized carbons (Fsp3) is 0.438. The van der Waals surface area contributed by atoms with E-state index in [1.807, 2.05) is 35.2 Å². The molecule has 0 N–H and O–H groups in total. The lowest BCUT2D eigenvalue weighted by molar-refractivity contribution is -0.130. The summed E-state index contributed by atoms with van der Waals surface area (Å²) >= 11 is 0. The normalized spacial score (nSPS) is 17.5. The third kappa shape index (κ3) is 3.01. The SMILES string of the molecule is CC(=O)N1CCN([C@H](C)c2nc(-c3ccccc3)no2)CC1. The Bertz CT molecular complexity index is 633. The predicted molar refractivity (Wildman–Crippen MR) is 82.0 cm³/mol. The molecule has 0 radical (unpaired) electrons. The van der Waals surface area contributed by atoms with Crippen molar-refractivity contribution in [2.24, 2.45) is 0 Å². The predicted octanol–water partition coefficient (Wildman–Crippen LogP) is 1.96. The van der Waals surface area contributed by atoms with Crippen LogP contribution in [0.15, 0.2) is 34.9 Å². The highest BCUT2D eigenvalue weighted by Crippen LogP contribution is 2.23. The van der Waals surface area contributed by atoms with Gasteiger partial charge in [-0.05, 0) is 6.92 Å². The van der Waals surface area contributed by atoms with Crippen molar-refractivity contribution >= 4 is 5.91 Å². The van der Waals surface area contributed by atoms with Crippen LogP contribution >= 0.6 is 0 Å². The highest BCUT2D eigenvalue weighted by atomic mass is 16.5. The van der Waals surface area contributed by atoms with E-state index in [-0.39, 0.29) is 11.9 Å². The number of nitrogens with zero attached hydrogens (tertiary/aromatic N) is 4. The molecular formula is C16H20N4O2. The first-order valence-corrected chi connectivity index (χ1v) is 7.54. The number of hydrogen-bond donors (Lipinski definition) is 0. The van der Waals surface area contributed by atoms with Crippen molar-refractivity contribution < 1.29 is 9.32 Å². The second kappa shape index (κ2) is 6.27. The van der Waals surface area contributed by atoms with Gasteiger partial charge in [0.05, 0.1) is 6.04 Å². The lowest BCUT2D eigenvalue weighted by atomic mass is 10.2. The maximum absolute atomic E-state index is 11.4. The quantitative estimate of drug-likeness (QED) is 0.867. The number of hydrogen-bond acceptors (Lipinski definition) is 5. The van der Waals surface area contributed by atoms with Crippen LogP contribution in [0.2, 0.25) is 0 Å². The van der Waals surface area contributed by atoms with Crippen LogP contribution in [0.4, 0.5) is 0 Å². The van der Waals surface area contributed by atoms with Crippen LogP contribution in [0.25, 0.3) is 11.4 Å². The Labute approximate surface area is 129 Å². The molecule has 1 amide bonds. The highest BCUT2D eigenvalue weighted by Gasteiger charge is 2.26. The van der Waals surface area contributed by atoms with Crippen LogP contribution in [0, 0.1) is 0 Å². The zero-order valence-electron chi connectivity index (χ0n) is 12.9. The summed E-state index contributed by atoms with van der Waals surface area (Å²) in [6.07, 6.45) is 0. The number of carbonyl (C=O) groups excluding carboxylic acids is 1. The topological polar surface area (TPSA) is 62.5 Å². The molecule has 1 aromatic carbocycles. The van der Waals surface area contributed by atoms with E-state index in [0.29, 0.717) is 11.7 Å². The summed E-state index contributed by atoms with van der Waals surface area (Å²) in [5, 5.41) is 4.07. The second-order valence-corrected chi connectivity index (χ2v) is 5.54. The molecule has 1 aliphatic heterocycles. The Balaban J connectivity index is 1.68. The van der Waals surface area contributed by atoms with E-state index in [4.69, 9.17) is 4.52 Å². The number of aromatic nitrogens is 2. The first-order valence-electron chi connectivity index (χ1n) is 7.54. The molecule has 1 fully saturated rings. The van der Waals surface area contributed by atoms with Crippen molar-refractivity contribution in [1.82, 2.24) is 19.9 Å². The third-order valence-corrected chi connectivity index (χ3v) is 4.14. The minimum atomic E-state index is 0.0547. The Morgan fingerprint density at radius 1 is 1.18 bits per heavy atom. The van der Waals surface area contributed by atoms with Gasteiger partial charge < -0.3 is 9.42 Å². The van der Waals surface area contributed by atoms with Gasteiger partial charge in [0.2, 0.25) is 17.6 Å². The van der Waals surface area contributed by atoms with Gasteiger partial charge in [-0.25, -0.2) is 0 Å². The summed E-state index contributed by atoms with van der Waals surface area (Å²) < 4.78 is 5.43. The number of piperazine rings is 1. The molecule has 1 aromatic heterocycles. The molecule has 3 rings (SSSR count). The van der Waals surface area contributed by atoms with Crippen molar-refractivity contribution in [3.63, 3.8) is 0 Å². The molecule has 0 spiro atoms. The zero-order chi connectivity index (χ0) is 15.5. The summed E-state index contributed by atoms with van der Waals surface area (Å²) in [4.78, 5) is 20.0. The maximum atomic E-state index is 11.4. The molecule has 0 saturated carbocycles. The van der Waals surface area contributed by atoms with Gasteiger partial charge in [0.1, 0.15) is 0 Å². The van der Waals surface area contributed by atoms with Crippen LogP contribution in [-0.2, 0) is 4.79 Å². The van der Waals surface area contributed by atoms with Crippen molar-refractivity contribution in [2.45, 2.75) is 19.9 Å². The van der Waals surface area contributed by atoms with Gasteiger partial charge in [-0.2, -0.15) is 4.98 Å². The molecule has 0 bridgehead atoms. The standard InChI is InChI=1S/C16H20N4O2/c1-12(19-8-10-20(11-9-19)13(2)21)16-17-15(18-22-16)14-6-4-3-5-7-14/h3-7,12H,8-11H2,1-2H3/t12-/m1/s1. The fourth-order valence-electron chi connectivity index (χ4n) is 2.69. The molecule has 6 heteroatoms. The van der Waals surface area contributed by atoms with Crippen LogP contribution < -0.4 is 0 Å². The largest absolute Gasteiger partial charge is 0.340 e. The van der Waals surface area contributed by atoms with Crippen LogP contribution in [-0.4, -0.2) is 52.0 Å². The molecule has 2 aromatic rings. The molecule has 1 aliphatic rings. The second-order valence-electron chi connectivity index (χ2n) is 5.54. The smallest absolute Gasteiger partial charge is 0.244 e. The van der Waals surface area contributed by atoms with Crippen LogP contribution in [0.3, 0.4) is 0 Å². The Kier molecular flexibility index (Phi) is 4.20. The van der Waals surface area contributed by atoms with E-state index in [1.54, 1.807) is 6.92 Å². The average Bonchev–Trinajstić information content (AvgIpc) is 3.05. The molecule has 2 heterocycles. The van der Waals surface area contributed by atoms with E-state index >= 15 is 0 Å². The average molecular weight is 300 g/mol. The molecular weight excluding hydrogens is 280 g/mol. The minimum absolute atomic E-state index is 0.0547. The fourth-order valence-corrected chi connectivity index (χ4v) is 2.69. The number of amides is 1. The maximum Gasteiger partial charge on any atom is 0.244 e. The number of benzene rings is 1. The summed E-state index contributed by atoms with van der Waals surface area (Å²) in [5.41, 5.74) is 0.950. The molecule has 0 unspecified atom stereocenters. The highest BCUT2D eigenvalue weighted by molar-refractivity contribution is 5.73. The zero-order valence-corrected chi connectivity index (χ0v) is 12.9. The van der Waals surface area contributed by atoms with E-state index < -0.39 is 0 Å². The van der Waals surface area contributed by atoms with E-state index in [1.165, 1.54) is 0 Å². The Morgan fingerprint density at radius 3 is 2.50 bits per heavy atom. The third-order valence-electron chi connectivity index (χ3n) is 4.14. The molecule has 22 heavy (non-hydrogen) atoms. The molecule has 1 saturated heterocycles. The molecule has 1 atom stereocenters. The Hall–Kier alpha value is -2.21. The summed E-state index contributed by atoms with van der Waals surface area (Å²) in [7, 11) is 0. The van der Waals surface area contributed by atoms with Crippen molar-refractivity contribution in [1.29, 1.82) is 0 Å². The minimum Gasteiger partial charge on any atom is -0.340 e. The lowest BCUT2D eigenvalue weighted by Crippen LogP contribution is -2.48. The van der Waals surface area contributed by atoms with Crippen molar-refractivity contribution in [3.8, 4) is 11.4 Å². The van der Waals surface area contributed by atoms with Crippen molar-refractivity contribution in [2.75, 3.05) is 26.2 Å². The summed E-state index contributed by atoms with van der Waals surface area (Å²) in [6.45, 7) is 6.82. The van der Waals surface area contributed by atoms with Crippen LogP contribution in [0.1, 0.15) is 25.8 Å². The van der Waals surface area contributed by atoms with Gasteiger partial charge in [0.25, 0.3) is 0 Å². The first kappa shape index (κ1) is 14.7. The van der Waals surface area contributed by atoms with Crippen molar-refractivity contribution in [3.05, 3.63) is 36.2 Å². The van der Waals surface area contributed by atoms with E-state index in [2.05, 4.69) is 22.0 Å². The summed E-state index contributed by atoms with van der Waals surface area (Å²) in [6, 6.07) is 9.85. The lowest BCUT2D eigenvalue weighted by Gasteiger charge is -2.36. The van der Waals surface area contributed by atoms with Gasteiger partial charge in [-0.15, -0.1) is 0 Å².